The molecule has 6 nitrogen and oxygen atoms in total. The van der Waals surface area contributed by atoms with Gasteiger partial charge < -0.3 is 15.4 Å². The molecule has 122 valence electrons. The van der Waals surface area contributed by atoms with E-state index in [1.165, 1.54) is 15.8 Å². The molecule has 1 aromatic carbocycles. The Hall–Kier alpha value is -2.57. The number of aryl methyl sites for hydroxylation is 1. The van der Waals surface area contributed by atoms with Gasteiger partial charge in [0.1, 0.15) is 6.10 Å². The Labute approximate surface area is 134 Å². The number of hydrogen-bond acceptors (Lipinski definition) is 5. The van der Waals surface area contributed by atoms with Gasteiger partial charge in [-0.15, -0.1) is 0 Å². The first kappa shape index (κ1) is 16.8. The van der Waals surface area contributed by atoms with Crippen LogP contribution in [-0.4, -0.2) is 14.7 Å². The minimum atomic E-state index is -1.07. The van der Waals surface area contributed by atoms with Gasteiger partial charge in [-0.05, 0) is 29.5 Å². The van der Waals surface area contributed by atoms with Crippen LogP contribution in [0.3, 0.4) is 0 Å². The highest BCUT2D eigenvalue weighted by Gasteiger charge is 2.16. The zero-order chi connectivity index (χ0) is 17.1. The molecule has 1 unspecified atom stereocenters. The molecular formula is C17H22N4O2. The van der Waals surface area contributed by atoms with Crippen molar-refractivity contribution < 1.29 is 5.11 Å². The van der Waals surface area contributed by atoms with E-state index in [9.17, 15) is 9.90 Å². The fraction of sp³-hybridized carbons (Fsp3) is 0.235. The quantitative estimate of drug-likeness (QED) is 0.573. The van der Waals surface area contributed by atoms with E-state index in [2.05, 4.69) is 6.58 Å². The molecule has 0 amide bonds. The lowest BCUT2D eigenvalue weighted by Crippen LogP contribution is -2.26. The average Bonchev–Trinajstić information content (AvgIpc) is 2.56. The Morgan fingerprint density at radius 3 is 2.78 bits per heavy atom. The third-order valence-corrected chi connectivity index (χ3v) is 3.83. The number of nitrogens with two attached hydrogens (primary N) is 2. The first-order valence-corrected chi connectivity index (χ1v) is 7.32. The number of fused-ring (bicyclic) bond motifs is 1. The van der Waals surface area contributed by atoms with Crippen molar-refractivity contribution in [2.24, 2.45) is 18.6 Å². The van der Waals surface area contributed by atoms with E-state index < -0.39 is 6.10 Å². The van der Waals surface area contributed by atoms with Gasteiger partial charge in [0.2, 0.25) is 0 Å². The minimum Gasteiger partial charge on any atom is -0.398 e. The summed E-state index contributed by atoms with van der Waals surface area (Å²) in [6.45, 7) is 5.72. The maximum Gasteiger partial charge on any atom is 0.258 e. The number of allylic oxidation sites excluding steroid dienone is 1. The largest absolute Gasteiger partial charge is 0.398 e. The third-order valence-electron chi connectivity index (χ3n) is 3.83. The number of rotatable bonds is 5. The summed E-state index contributed by atoms with van der Waals surface area (Å²) in [6.07, 6.45) is 2.70. The lowest BCUT2D eigenvalue weighted by molar-refractivity contribution is 0.212. The van der Waals surface area contributed by atoms with Crippen LogP contribution in [0, 0.1) is 0 Å². The predicted molar refractivity (Wildman–Crippen MR) is 91.9 cm³/mol. The molecule has 0 saturated heterocycles. The number of hydrazine groups is 1. The summed E-state index contributed by atoms with van der Waals surface area (Å²) in [5.41, 5.74) is 7.25. The van der Waals surface area contributed by atoms with Crippen molar-refractivity contribution in [3.63, 3.8) is 0 Å². The second-order valence-corrected chi connectivity index (χ2v) is 5.40. The molecule has 2 aromatic rings. The Kier molecular flexibility index (Phi) is 4.88. The molecule has 0 aliphatic carbocycles. The molecule has 0 radical (unpaired) electrons. The first-order chi connectivity index (χ1) is 10.9. The van der Waals surface area contributed by atoms with Crippen molar-refractivity contribution in [2.75, 3.05) is 0 Å². The van der Waals surface area contributed by atoms with Crippen molar-refractivity contribution in [2.45, 2.75) is 19.4 Å². The molecule has 1 atom stereocenters. The van der Waals surface area contributed by atoms with Crippen LogP contribution in [0.1, 0.15) is 25.0 Å². The molecule has 0 saturated carbocycles. The van der Waals surface area contributed by atoms with Crippen LogP contribution < -0.4 is 17.1 Å². The Morgan fingerprint density at radius 2 is 2.13 bits per heavy atom. The van der Waals surface area contributed by atoms with Gasteiger partial charge in [0.05, 0.1) is 5.70 Å². The Bertz CT molecular complexity index is 823. The molecular weight excluding hydrogens is 292 g/mol. The first-order valence-electron chi connectivity index (χ1n) is 7.32. The summed E-state index contributed by atoms with van der Waals surface area (Å²) in [7, 11) is 1.68. The number of aliphatic hydroxyl groups is 1. The molecule has 0 aliphatic rings. The van der Waals surface area contributed by atoms with Crippen molar-refractivity contribution in [3.8, 4) is 0 Å². The van der Waals surface area contributed by atoms with Gasteiger partial charge in [0.25, 0.3) is 5.56 Å². The maximum absolute atomic E-state index is 12.2. The zero-order valence-corrected chi connectivity index (χ0v) is 13.4. The van der Waals surface area contributed by atoms with Crippen molar-refractivity contribution >= 4 is 10.8 Å². The number of aromatic nitrogens is 1. The summed E-state index contributed by atoms with van der Waals surface area (Å²) < 4.78 is 1.49. The van der Waals surface area contributed by atoms with Crippen LogP contribution >= 0.6 is 0 Å². The molecule has 2 rings (SSSR count). The number of hydrogen-bond donors (Lipinski definition) is 3. The van der Waals surface area contributed by atoms with Gasteiger partial charge in [-0.25, -0.2) is 5.84 Å². The maximum atomic E-state index is 12.2. The lowest BCUT2D eigenvalue weighted by Gasteiger charge is -2.19. The summed E-state index contributed by atoms with van der Waals surface area (Å²) in [4.78, 5) is 12.2. The Morgan fingerprint density at radius 1 is 1.43 bits per heavy atom. The summed E-state index contributed by atoms with van der Waals surface area (Å²) in [5.74, 6) is 5.81. The van der Waals surface area contributed by atoms with Gasteiger partial charge in [-0.2, -0.15) is 0 Å². The summed E-state index contributed by atoms with van der Waals surface area (Å²) >= 11 is 0. The monoisotopic (exact) mass is 314 g/mol. The van der Waals surface area contributed by atoms with Crippen LogP contribution in [0.2, 0.25) is 0 Å². The number of nitrogens with zero attached hydrogens (tertiary/aromatic N) is 2. The fourth-order valence-electron chi connectivity index (χ4n) is 2.32. The number of aliphatic hydroxyl groups excluding tert-OH is 1. The highest BCUT2D eigenvalue weighted by molar-refractivity contribution is 5.85. The highest BCUT2D eigenvalue weighted by Crippen LogP contribution is 2.25. The van der Waals surface area contributed by atoms with E-state index in [4.69, 9.17) is 11.6 Å². The average molecular weight is 314 g/mol. The molecule has 1 aromatic heterocycles. The van der Waals surface area contributed by atoms with Gasteiger partial charge in [-0.3, -0.25) is 9.80 Å². The van der Waals surface area contributed by atoms with Crippen LogP contribution in [0.25, 0.3) is 10.8 Å². The molecule has 1 heterocycles. The number of pyridine rings is 1. The topological polar surface area (TPSA) is 97.5 Å². The normalized spacial score (nSPS) is 13.1. The Balaban J connectivity index is 2.48. The van der Waals surface area contributed by atoms with Crippen molar-refractivity contribution in [3.05, 3.63) is 70.6 Å². The minimum absolute atomic E-state index is 0.126. The van der Waals surface area contributed by atoms with E-state index in [0.717, 1.165) is 0 Å². The zero-order valence-electron chi connectivity index (χ0n) is 13.4. The predicted octanol–water partition coefficient (Wildman–Crippen LogP) is 1.47. The summed E-state index contributed by atoms with van der Waals surface area (Å²) in [6, 6.07) is 6.97. The van der Waals surface area contributed by atoms with Gasteiger partial charge in [0, 0.05) is 30.5 Å². The van der Waals surface area contributed by atoms with Gasteiger partial charge in [0.15, 0.2) is 0 Å². The molecule has 6 heteroatoms. The second-order valence-electron chi connectivity index (χ2n) is 5.40. The molecule has 0 spiro atoms. The molecule has 0 fully saturated rings. The standard InChI is InChI=1S/C17H22N4O2/c1-4-11(2)21(19)10-15(18)16(22)13-6-5-7-14-12(13)8-9-20(3)17(14)23/h5-10,16,22H,2,4,18-19H2,1,3H3/b15-10-. The van der Waals surface area contributed by atoms with E-state index in [0.29, 0.717) is 28.5 Å². The van der Waals surface area contributed by atoms with Crippen LogP contribution in [-0.2, 0) is 7.05 Å². The third kappa shape index (κ3) is 3.28. The molecule has 5 N–H and O–H groups in total. The molecule has 0 bridgehead atoms. The lowest BCUT2D eigenvalue weighted by atomic mass is 10.00. The van der Waals surface area contributed by atoms with E-state index in [1.807, 2.05) is 6.92 Å². The van der Waals surface area contributed by atoms with E-state index in [-0.39, 0.29) is 11.3 Å². The summed E-state index contributed by atoms with van der Waals surface area (Å²) in [5, 5.41) is 13.0. The molecule has 23 heavy (non-hydrogen) atoms. The smallest absolute Gasteiger partial charge is 0.258 e. The van der Waals surface area contributed by atoms with Crippen molar-refractivity contribution in [1.82, 2.24) is 9.58 Å². The fourth-order valence-corrected chi connectivity index (χ4v) is 2.32. The van der Waals surface area contributed by atoms with Crippen LogP contribution in [0.5, 0.6) is 0 Å². The number of benzene rings is 1. The van der Waals surface area contributed by atoms with E-state index in [1.54, 1.807) is 37.5 Å². The van der Waals surface area contributed by atoms with Crippen LogP contribution in [0.4, 0.5) is 0 Å². The van der Waals surface area contributed by atoms with Gasteiger partial charge >= 0.3 is 0 Å². The molecule has 0 aliphatic heterocycles. The van der Waals surface area contributed by atoms with Gasteiger partial charge in [-0.1, -0.05) is 25.6 Å². The SMILES string of the molecule is C=C(CC)N(N)/C=C(\N)C(O)c1cccc2c(=O)n(C)ccc12. The second kappa shape index (κ2) is 6.68. The van der Waals surface area contributed by atoms with Crippen LogP contribution in [0.15, 0.2) is 59.4 Å². The highest BCUT2D eigenvalue weighted by atomic mass is 16.3. The van der Waals surface area contributed by atoms with Crippen molar-refractivity contribution in [1.29, 1.82) is 0 Å². The van der Waals surface area contributed by atoms with E-state index >= 15 is 0 Å².